The number of hydrogen-bond acceptors (Lipinski definition) is 3. The maximum absolute atomic E-state index is 5.66. The van der Waals surface area contributed by atoms with Crippen molar-refractivity contribution in [3.63, 3.8) is 0 Å². The first-order valence-corrected chi connectivity index (χ1v) is 4.85. The van der Waals surface area contributed by atoms with Gasteiger partial charge in [0.1, 0.15) is 12.4 Å². The Kier molecular flexibility index (Phi) is 2.11. The topological polar surface area (TPSA) is 47.3 Å². The lowest BCUT2D eigenvalue weighted by atomic mass is 10.0. The molecule has 0 saturated carbocycles. The number of fused-ring (bicyclic) bond motifs is 1. The smallest absolute Gasteiger partial charge is 0.142 e. The summed E-state index contributed by atoms with van der Waals surface area (Å²) in [5.74, 6) is 0.910. The van der Waals surface area contributed by atoms with Gasteiger partial charge in [-0.05, 0) is 31.5 Å². The number of benzene rings is 1. The van der Waals surface area contributed by atoms with E-state index in [2.05, 4.69) is 19.2 Å². The normalized spacial score (nSPS) is 17.9. The van der Waals surface area contributed by atoms with Crippen molar-refractivity contribution in [1.82, 2.24) is 0 Å². The maximum atomic E-state index is 5.66. The Labute approximate surface area is 84.3 Å². The van der Waals surface area contributed by atoms with Gasteiger partial charge in [0.2, 0.25) is 0 Å². The van der Waals surface area contributed by atoms with E-state index in [1.54, 1.807) is 0 Å². The highest BCUT2D eigenvalue weighted by atomic mass is 16.5. The molecule has 2 rings (SSSR count). The predicted molar refractivity (Wildman–Crippen MR) is 57.5 cm³/mol. The number of nitrogens with one attached hydrogen (secondary N) is 1. The molecule has 0 fully saturated rings. The Balaban J connectivity index is 2.32. The van der Waals surface area contributed by atoms with E-state index >= 15 is 0 Å². The van der Waals surface area contributed by atoms with E-state index in [9.17, 15) is 0 Å². The Morgan fingerprint density at radius 3 is 3.00 bits per heavy atom. The highest BCUT2D eigenvalue weighted by molar-refractivity contribution is 5.60. The number of hydrogen-bond donors (Lipinski definition) is 2. The monoisotopic (exact) mass is 192 g/mol. The summed E-state index contributed by atoms with van der Waals surface area (Å²) in [5, 5.41) is 3.42. The van der Waals surface area contributed by atoms with Crippen molar-refractivity contribution < 1.29 is 4.74 Å². The van der Waals surface area contributed by atoms with Crippen molar-refractivity contribution in [2.24, 2.45) is 5.73 Å². The largest absolute Gasteiger partial charge is 0.489 e. The quantitative estimate of drug-likeness (QED) is 0.712. The lowest BCUT2D eigenvalue weighted by molar-refractivity contribution is 0.242. The van der Waals surface area contributed by atoms with Gasteiger partial charge in [0.15, 0.2) is 0 Å². The van der Waals surface area contributed by atoms with Crippen LogP contribution in [0.3, 0.4) is 0 Å². The molecule has 3 heteroatoms. The Hall–Kier alpha value is -1.22. The van der Waals surface area contributed by atoms with Crippen molar-refractivity contribution in [2.75, 3.05) is 11.9 Å². The zero-order valence-corrected chi connectivity index (χ0v) is 8.63. The molecule has 0 atom stereocenters. The van der Waals surface area contributed by atoms with Gasteiger partial charge in [-0.25, -0.2) is 0 Å². The van der Waals surface area contributed by atoms with Gasteiger partial charge in [-0.1, -0.05) is 6.07 Å². The van der Waals surface area contributed by atoms with Crippen molar-refractivity contribution in [2.45, 2.75) is 25.9 Å². The molecule has 1 heterocycles. The predicted octanol–water partition coefficient (Wildman–Crippen LogP) is 1.73. The second kappa shape index (κ2) is 3.17. The molecule has 0 amide bonds. The van der Waals surface area contributed by atoms with Crippen LogP contribution in [0.2, 0.25) is 0 Å². The maximum Gasteiger partial charge on any atom is 0.142 e. The van der Waals surface area contributed by atoms with Crippen molar-refractivity contribution in [3.8, 4) is 5.75 Å². The summed E-state index contributed by atoms with van der Waals surface area (Å²) in [7, 11) is 0. The number of rotatable bonds is 1. The Bertz CT molecular complexity index is 347. The zero-order chi connectivity index (χ0) is 10.2. The summed E-state index contributed by atoms with van der Waals surface area (Å²) in [6, 6.07) is 6.05. The molecule has 1 aliphatic rings. The molecule has 0 aromatic heterocycles. The molecule has 14 heavy (non-hydrogen) atoms. The first kappa shape index (κ1) is 9.34. The fourth-order valence-electron chi connectivity index (χ4n) is 1.58. The van der Waals surface area contributed by atoms with E-state index in [0.717, 1.165) is 17.0 Å². The molecule has 0 unspecified atom stereocenters. The molecule has 3 N–H and O–H groups in total. The van der Waals surface area contributed by atoms with E-state index in [1.165, 1.54) is 0 Å². The second-order valence-corrected chi connectivity index (χ2v) is 4.33. The minimum Gasteiger partial charge on any atom is -0.489 e. The third kappa shape index (κ3) is 1.68. The number of nitrogens with two attached hydrogens (primary N) is 1. The van der Waals surface area contributed by atoms with Crippen LogP contribution in [0.25, 0.3) is 0 Å². The van der Waals surface area contributed by atoms with Gasteiger partial charge in [-0.15, -0.1) is 0 Å². The third-order valence-electron chi connectivity index (χ3n) is 2.34. The molecule has 1 aliphatic heterocycles. The summed E-state index contributed by atoms with van der Waals surface area (Å²) in [4.78, 5) is 0. The van der Waals surface area contributed by atoms with E-state index in [-0.39, 0.29) is 5.54 Å². The molecule has 0 saturated heterocycles. The SMILES string of the molecule is CC1(C)COc2cc(CN)ccc2N1. The van der Waals surface area contributed by atoms with Gasteiger partial charge in [0, 0.05) is 6.54 Å². The van der Waals surface area contributed by atoms with Crippen LogP contribution in [-0.2, 0) is 6.54 Å². The van der Waals surface area contributed by atoms with Crippen LogP contribution in [0.15, 0.2) is 18.2 Å². The molecule has 76 valence electrons. The highest BCUT2D eigenvalue weighted by Crippen LogP contribution is 2.32. The highest BCUT2D eigenvalue weighted by Gasteiger charge is 2.25. The van der Waals surface area contributed by atoms with Crippen molar-refractivity contribution in [3.05, 3.63) is 23.8 Å². The molecule has 1 aromatic rings. The minimum atomic E-state index is 0.0111. The number of anilines is 1. The first-order chi connectivity index (χ1) is 6.61. The first-order valence-electron chi connectivity index (χ1n) is 4.85. The van der Waals surface area contributed by atoms with Gasteiger partial charge < -0.3 is 15.8 Å². The van der Waals surface area contributed by atoms with Gasteiger partial charge in [0.05, 0.1) is 11.2 Å². The molecule has 0 radical (unpaired) electrons. The molecular formula is C11H16N2O. The zero-order valence-electron chi connectivity index (χ0n) is 8.63. The van der Waals surface area contributed by atoms with Gasteiger partial charge in [0.25, 0.3) is 0 Å². The minimum absolute atomic E-state index is 0.0111. The molecule has 0 spiro atoms. The van der Waals surface area contributed by atoms with Crippen LogP contribution >= 0.6 is 0 Å². The molecule has 1 aromatic carbocycles. The summed E-state index contributed by atoms with van der Waals surface area (Å²) in [6.45, 7) is 5.48. The number of ether oxygens (including phenoxy) is 1. The fraction of sp³-hybridized carbons (Fsp3) is 0.455. The average Bonchev–Trinajstić information content (AvgIpc) is 2.16. The third-order valence-corrected chi connectivity index (χ3v) is 2.34. The molecule has 0 aliphatic carbocycles. The summed E-state index contributed by atoms with van der Waals surface area (Å²) in [5.41, 5.74) is 7.73. The summed E-state index contributed by atoms with van der Waals surface area (Å²) < 4.78 is 5.66. The molecule has 0 bridgehead atoms. The van der Waals surface area contributed by atoms with E-state index < -0.39 is 0 Å². The van der Waals surface area contributed by atoms with Crippen molar-refractivity contribution >= 4 is 5.69 Å². The van der Waals surface area contributed by atoms with Gasteiger partial charge in [-0.3, -0.25) is 0 Å². The van der Waals surface area contributed by atoms with E-state index in [0.29, 0.717) is 13.2 Å². The summed E-state index contributed by atoms with van der Waals surface area (Å²) >= 11 is 0. The van der Waals surface area contributed by atoms with E-state index in [1.807, 2.05) is 18.2 Å². The Morgan fingerprint density at radius 1 is 1.50 bits per heavy atom. The lowest BCUT2D eigenvalue weighted by Crippen LogP contribution is -2.40. The van der Waals surface area contributed by atoms with Crippen LogP contribution in [0.5, 0.6) is 5.75 Å². The molecular weight excluding hydrogens is 176 g/mol. The van der Waals surface area contributed by atoms with Gasteiger partial charge >= 0.3 is 0 Å². The fourth-order valence-corrected chi connectivity index (χ4v) is 1.58. The lowest BCUT2D eigenvalue weighted by Gasteiger charge is -2.33. The van der Waals surface area contributed by atoms with Crippen LogP contribution in [0.4, 0.5) is 5.69 Å². The van der Waals surface area contributed by atoms with Crippen LogP contribution in [0, 0.1) is 0 Å². The van der Waals surface area contributed by atoms with E-state index in [4.69, 9.17) is 10.5 Å². The van der Waals surface area contributed by atoms with Crippen LogP contribution in [0.1, 0.15) is 19.4 Å². The second-order valence-electron chi connectivity index (χ2n) is 4.33. The van der Waals surface area contributed by atoms with Crippen LogP contribution < -0.4 is 15.8 Å². The Morgan fingerprint density at radius 2 is 2.29 bits per heavy atom. The summed E-state index contributed by atoms with van der Waals surface area (Å²) in [6.07, 6.45) is 0. The average molecular weight is 192 g/mol. The molecule has 3 nitrogen and oxygen atoms in total. The standard InChI is InChI=1S/C11H16N2O/c1-11(2)7-14-10-5-8(6-12)3-4-9(10)13-11/h3-5,13H,6-7,12H2,1-2H3. The van der Waals surface area contributed by atoms with Gasteiger partial charge in [-0.2, -0.15) is 0 Å². The van der Waals surface area contributed by atoms with Crippen LogP contribution in [-0.4, -0.2) is 12.1 Å². The van der Waals surface area contributed by atoms with Crippen molar-refractivity contribution in [1.29, 1.82) is 0 Å².